The van der Waals surface area contributed by atoms with Crippen LogP contribution in [-0.4, -0.2) is 15.0 Å². The third-order valence-corrected chi connectivity index (χ3v) is 2.03. The maximum absolute atomic E-state index is 8.64. The zero-order valence-corrected chi connectivity index (χ0v) is 8.75. The number of anilines is 3. The van der Waals surface area contributed by atoms with Gasteiger partial charge in [-0.1, -0.05) is 12.1 Å². The lowest BCUT2D eigenvalue weighted by Gasteiger charge is -2.06. The molecule has 0 fully saturated rings. The third kappa shape index (κ3) is 2.21. The summed E-state index contributed by atoms with van der Waals surface area (Å²) in [5.74, 6) is 0.409. The van der Waals surface area contributed by atoms with Gasteiger partial charge in [0.15, 0.2) is 12.0 Å². The average Bonchev–Trinajstić information content (AvgIpc) is 2.29. The fourth-order valence-corrected chi connectivity index (χ4v) is 1.38. The standard InChI is InChI=1S/C10H9N7/c11-5-14-7-4-2-1-3-6(7)8-15-9(12)17-10(13)16-8/h1-4,14H,(H4,12,13,15,16,17). The van der Waals surface area contributed by atoms with Crippen LogP contribution in [0.25, 0.3) is 11.4 Å². The van der Waals surface area contributed by atoms with Crippen molar-refractivity contribution < 1.29 is 0 Å². The van der Waals surface area contributed by atoms with Crippen LogP contribution in [0.1, 0.15) is 0 Å². The third-order valence-electron chi connectivity index (χ3n) is 2.03. The van der Waals surface area contributed by atoms with E-state index in [0.717, 1.165) is 0 Å². The van der Waals surface area contributed by atoms with Crippen LogP contribution >= 0.6 is 0 Å². The largest absolute Gasteiger partial charge is 0.368 e. The second-order valence-electron chi connectivity index (χ2n) is 3.16. The summed E-state index contributed by atoms with van der Waals surface area (Å²) >= 11 is 0. The molecule has 1 aromatic heterocycles. The summed E-state index contributed by atoms with van der Waals surface area (Å²) in [5.41, 5.74) is 12.2. The topological polar surface area (TPSA) is 127 Å². The molecule has 0 spiro atoms. The number of nitrogens with two attached hydrogens (primary N) is 2. The van der Waals surface area contributed by atoms with Gasteiger partial charge in [0.25, 0.3) is 0 Å². The zero-order valence-electron chi connectivity index (χ0n) is 8.75. The van der Waals surface area contributed by atoms with E-state index in [-0.39, 0.29) is 11.9 Å². The van der Waals surface area contributed by atoms with Crippen molar-refractivity contribution in [1.82, 2.24) is 15.0 Å². The molecule has 2 rings (SSSR count). The highest BCUT2D eigenvalue weighted by Crippen LogP contribution is 2.25. The number of nitrogen functional groups attached to an aromatic ring is 2. The molecule has 0 aliphatic carbocycles. The Morgan fingerprint density at radius 3 is 2.35 bits per heavy atom. The monoisotopic (exact) mass is 227 g/mol. The second-order valence-corrected chi connectivity index (χ2v) is 3.16. The van der Waals surface area contributed by atoms with Crippen molar-refractivity contribution in [3.63, 3.8) is 0 Å². The van der Waals surface area contributed by atoms with E-state index < -0.39 is 0 Å². The van der Waals surface area contributed by atoms with Crippen LogP contribution in [0.4, 0.5) is 17.6 Å². The molecule has 0 saturated heterocycles. The van der Waals surface area contributed by atoms with E-state index in [2.05, 4.69) is 20.3 Å². The van der Waals surface area contributed by atoms with Crippen molar-refractivity contribution >= 4 is 17.6 Å². The summed E-state index contributed by atoms with van der Waals surface area (Å²) in [5, 5.41) is 11.2. The maximum atomic E-state index is 8.64. The predicted octanol–water partition coefficient (Wildman–Crippen LogP) is 0.596. The summed E-state index contributed by atoms with van der Waals surface area (Å²) in [7, 11) is 0. The van der Waals surface area contributed by atoms with Crippen LogP contribution in [0.3, 0.4) is 0 Å². The number of hydrogen-bond donors (Lipinski definition) is 3. The first-order chi connectivity index (χ1) is 8.20. The minimum Gasteiger partial charge on any atom is -0.368 e. The minimum absolute atomic E-state index is 0.0410. The number of hydrogen-bond acceptors (Lipinski definition) is 7. The number of para-hydroxylation sites is 1. The smallest absolute Gasteiger partial charge is 0.225 e. The molecule has 0 atom stereocenters. The molecular formula is C10H9N7. The van der Waals surface area contributed by atoms with Gasteiger partial charge in [-0.3, -0.25) is 5.32 Å². The van der Waals surface area contributed by atoms with Crippen LogP contribution in [0, 0.1) is 11.5 Å². The fourth-order valence-electron chi connectivity index (χ4n) is 1.38. The Bertz CT molecular complexity index is 567. The van der Waals surface area contributed by atoms with Crippen LogP contribution in [-0.2, 0) is 0 Å². The number of benzene rings is 1. The number of aromatic nitrogens is 3. The van der Waals surface area contributed by atoms with E-state index in [9.17, 15) is 0 Å². The normalized spacial score (nSPS) is 9.59. The molecule has 2 aromatic rings. The zero-order chi connectivity index (χ0) is 12.3. The molecule has 0 radical (unpaired) electrons. The maximum Gasteiger partial charge on any atom is 0.225 e. The lowest BCUT2D eigenvalue weighted by molar-refractivity contribution is 1.09. The Hall–Kier alpha value is -2.88. The van der Waals surface area contributed by atoms with Gasteiger partial charge in [0.05, 0.1) is 5.69 Å². The molecule has 0 unspecified atom stereocenters. The lowest BCUT2D eigenvalue weighted by Crippen LogP contribution is -2.05. The van der Waals surface area contributed by atoms with Crippen molar-refractivity contribution in [1.29, 1.82) is 5.26 Å². The first kappa shape index (κ1) is 10.6. The highest BCUT2D eigenvalue weighted by Gasteiger charge is 2.09. The first-order valence-electron chi connectivity index (χ1n) is 4.72. The van der Waals surface area contributed by atoms with Crippen molar-refractivity contribution in [2.45, 2.75) is 0 Å². The second kappa shape index (κ2) is 4.32. The number of nitriles is 1. The quantitative estimate of drug-likeness (QED) is 0.506. The van der Waals surface area contributed by atoms with E-state index >= 15 is 0 Å². The van der Waals surface area contributed by atoms with Gasteiger partial charge in [-0.25, -0.2) is 0 Å². The molecule has 0 bridgehead atoms. The van der Waals surface area contributed by atoms with Gasteiger partial charge >= 0.3 is 0 Å². The van der Waals surface area contributed by atoms with Crippen molar-refractivity contribution in [3.05, 3.63) is 24.3 Å². The molecule has 84 valence electrons. The Labute approximate surface area is 97.1 Å². The van der Waals surface area contributed by atoms with E-state index in [4.69, 9.17) is 16.7 Å². The van der Waals surface area contributed by atoms with Gasteiger partial charge < -0.3 is 11.5 Å². The van der Waals surface area contributed by atoms with Gasteiger partial charge in [-0.2, -0.15) is 20.2 Å². The van der Waals surface area contributed by atoms with Gasteiger partial charge in [0, 0.05) is 5.56 Å². The van der Waals surface area contributed by atoms with Gasteiger partial charge in [0.1, 0.15) is 0 Å². The Kier molecular flexibility index (Phi) is 2.70. The average molecular weight is 227 g/mol. The Morgan fingerprint density at radius 1 is 1.06 bits per heavy atom. The SMILES string of the molecule is N#CNc1ccccc1-c1nc(N)nc(N)n1. The molecule has 7 nitrogen and oxygen atoms in total. The van der Waals surface area contributed by atoms with E-state index in [1.807, 2.05) is 6.19 Å². The Balaban J connectivity index is 2.56. The lowest BCUT2D eigenvalue weighted by atomic mass is 10.1. The highest BCUT2D eigenvalue weighted by molar-refractivity contribution is 5.75. The molecular weight excluding hydrogens is 218 g/mol. The molecule has 17 heavy (non-hydrogen) atoms. The summed E-state index contributed by atoms with van der Waals surface area (Å²) in [6.07, 6.45) is 1.84. The first-order valence-corrected chi connectivity index (χ1v) is 4.72. The van der Waals surface area contributed by atoms with E-state index in [1.54, 1.807) is 24.3 Å². The number of nitrogens with zero attached hydrogens (tertiary/aromatic N) is 4. The minimum atomic E-state index is 0.0410. The highest BCUT2D eigenvalue weighted by atomic mass is 15.1. The molecule has 0 aliphatic heterocycles. The summed E-state index contributed by atoms with van der Waals surface area (Å²) < 4.78 is 0. The van der Waals surface area contributed by atoms with Crippen molar-refractivity contribution in [2.75, 3.05) is 16.8 Å². The van der Waals surface area contributed by atoms with Crippen LogP contribution < -0.4 is 16.8 Å². The fraction of sp³-hybridized carbons (Fsp3) is 0. The molecule has 0 saturated carbocycles. The van der Waals surface area contributed by atoms with Crippen LogP contribution in [0.2, 0.25) is 0 Å². The molecule has 7 heteroatoms. The number of rotatable bonds is 2. The van der Waals surface area contributed by atoms with Gasteiger partial charge in [0.2, 0.25) is 11.9 Å². The van der Waals surface area contributed by atoms with E-state index in [0.29, 0.717) is 17.1 Å². The van der Waals surface area contributed by atoms with Crippen LogP contribution in [0.15, 0.2) is 24.3 Å². The summed E-state index contributed by atoms with van der Waals surface area (Å²) in [6.45, 7) is 0. The van der Waals surface area contributed by atoms with Crippen molar-refractivity contribution in [3.8, 4) is 17.6 Å². The summed E-state index contributed by atoms with van der Waals surface area (Å²) in [6, 6.07) is 7.08. The molecule has 0 amide bonds. The molecule has 5 N–H and O–H groups in total. The Morgan fingerprint density at radius 2 is 1.71 bits per heavy atom. The van der Waals surface area contributed by atoms with E-state index in [1.165, 1.54) is 0 Å². The van der Waals surface area contributed by atoms with Crippen LogP contribution in [0.5, 0.6) is 0 Å². The molecule has 1 heterocycles. The molecule has 0 aliphatic rings. The predicted molar refractivity (Wildman–Crippen MR) is 63.3 cm³/mol. The molecule has 1 aromatic carbocycles. The summed E-state index contributed by atoms with van der Waals surface area (Å²) in [4.78, 5) is 11.6. The van der Waals surface area contributed by atoms with Crippen molar-refractivity contribution in [2.24, 2.45) is 0 Å². The van der Waals surface area contributed by atoms with Gasteiger partial charge in [-0.05, 0) is 12.1 Å². The van der Waals surface area contributed by atoms with Gasteiger partial charge in [-0.15, -0.1) is 0 Å². The number of nitrogens with one attached hydrogen (secondary N) is 1.